The number of rotatable bonds is 18. The molecular formula is C20H37NaO4S. The Morgan fingerprint density at radius 3 is 1.73 bits per heavy atom. The molecule has 0 heterocycles. The first-order valence-corrected chi connectivity index (χ1v) is 11.6. The average molecular weight is 397 g/mol. The van der Waals surface area contributed by atoms with Crippen LogP contribution in [-0.2, 0) is 14.9 Å². The van der Waals surface area contributed by atoms with Crippen LogP contribution in [0.2, 0.25) is 0 Å². The van der Waals surface area contributed by atoms with E-state index in [9.17, 15) is 17.8 Å². The maximum absolute atomic E-state index is 11.4. The normalized spacial score (nSPS) is 11.6. The van der Waals surface area contributed by atoms with Crippen LogP contribution in [0.25, 0.3) is 0 Å². The fourth-order valence-electron chi connectivity index (χ4n) is 2.76. The van der Waals surface area contributed by atoms with E-state index in [0.717, 1.165) is 25.7 Å². The molecule has 26 heavy (non-hydrogen) atoms. The summed E-state index contributed by atoms with van der Waals surface area (Å²) in [5.41, 5.74) is 0. The first kappa shape index (κ1) is 28.5. The van der Waals surface area contributed by atoms with Crippen molar-refractivity contribution in [3.05, 3.63) is 12.2 Å². The second kappa shape index (κ2) is 20.1. The van der Waals surface area contributed by atoms with E-state index in [1.165, 1.54) is 57.8 Å². The quantitative estimate of drug-likeness (QED) is 0.154. The zero-order valence-corrected chi connectivity index (χ0v) is 19.8. The van der Waals surface area contributed by atoms with Gasteiger partial charge in [-0.1, -0.05) is 70.4 Å². The molecule has 0 N–H and O–H groups in total. The third kappa shape index (κ3) is 24.3. The molecule has 0 amide bonds. The van der Waals surface area contributed by atoms with Crippen LogP contribution in [0.1, 0.15) is 103 Å². The zero-order valence-electron chi connectivity index (χ0n) is 17.0. The van der Waals surface area contributed by atoms with Crippen LogP contribution in [0.4, 0.5) is 0 Å². The molecule has 0 aliphatic heterocycles. The predicted octanol–water partition coefficient (Wildman–Crippen LogP) is 2.53. The Hall–Kier alpha value is 0.320. The van der Waals surface area contributed by atoms with E-state index in [2.05, 4.69) is 19.1 Å². The molecule has 0 atom stereocenters. The van der Waals surface area contributed by atoms with Crippen LogP contribution in [0, 0.1) is 0 Å². The molecular weight excluding hydrogens is 359 g/mol. The van der Waals surface area contributed by atoms with Crippen molar-refractivity contribution in [1.29, 1.82) is 0 Å². The number of carbonyl (C=O) groups excluding carboxylic acids is 1. The summed E-state index contributed by atoms with van der Waals surface area (Å²) in [5, 5.41) is 0. The van der Waals surface area contributed by atoms with Gasteiger partial charge in [-0.25, -0.2) is 8.42 Å². The van der Waals surface area contributed by atoms with E-state index < -0.39 is 15.9 Å². The second-order valence-corrected chi connectivity index (χ2v) is 8.41. The predicted molar refractivity (Wildman–Crippen MR) is 104 cm³/mol. The van der Waals surface area contributed by atoms with Crippen LogP contribution < -0.4 is 29.6 Å². The Kier molecular flexibility index (Phi) is 22.0. The Morgan fingerprint density at radius 1 is 0.769 bits per heavy atom. The smallest absolute Gasteiger partial charge is 0.748 e. The van der Waals surface area contributed by atoms with Gasteiger partial charge in [0.05, 0.1) is 10.1 Å². The molecule has 0 fully saturated rings. The molecule has 0 aromatic rings. The van der Waals surface area contributed by atoms with Crippen LogP contribution in [-0.4, -0.2) is 24.5 Å². The Bertz CT molecular complexity index is 447. The number of ketones is 1. The van der Waals surface area contributed by atoms with Gasteiger partial charge in [-0.05, 0) is 32.1 Å². The molecule has 0 unspecified atom stereocenters. The van der Waals surface area contributed by atoms with Gasteiger partial charge in [0.15, 0.2) is 0 Å². The van der Waals surface area contributed by atoms with Gasteiger partial charge in [-0.15, -0.1) is 0 Å². The minimum Gasteiger partial charge on any atom is -0.748 e. The number of Topliss-reactive ketones (excluding diaryl/α,β-unsaturated/α-hetero) is 1. The van der Waals surface area contributed by atoms with Gasteiger partial charge in [-0.2, -0.15) is 0 Å². The van der Waals surface area contributed by atoms with E-state index in [-0.39, 0.29) is 41.8 Å². The van der Waals surface area contributed by atoms with Crippen molar-refractivity contribution in [1.82, 2.24) is 0 Å². The van der Waals surface area contributed by atoms with E-state index >= 15 is 0 Å². The minimum absolute atomic E-state index is 0. The van der Waals surface area contributed by atoms with Gasteiger partial charge in [0.1, 0.15) is 5.78 Å². The SMILES string of the molecule is CCCCCCCCC=CCCCCCCCC(=O)CCS(=O)(=O)[O-].[Na+]. The van der Waals surface area contributed by atoms with Crippen molar-refractivity contribution in [2.45, 2.75) is 103 Å². The molecule has 0 saturated carbocycles. The van der Waals surface area contributed by atoms with Crippen LogP contribution >= 0.6 is 0 Å². The van der Waals surface area contributed by atoms with Crippen LogP contribution in [0.5, 0.6) is 0 Å². The molecule has 4 nitrogen and oxygen atoms in total. The molecule has 0 spiro atoms. The third-order valence-electron chi connectivity index (χ3n) is 4.35. The molecule has 0 aromatic heterocycles. The summed E-state index contributed by atoms with van der Waals surface area (Å²) in [6.45, 7) is 2.24. The van der Waals surface area contributed by atoms with Gasteiger partial charge in [0, 0.05) is 18.6 Å². The van der Waals surface area contributed by atoms with Crippen molar-refractivity contribution in [2.75, 3.05) is 5.75 Å². The molecule has 0 rings (SSSR count). The fraction of sp³-hybridized carbons (Fsp3) is 0.850. The maximum atomic E-state index is 11.4. The van der Waals surface area contributed by atoms with E-state index in [4.69, 9.17) is 0 Å². The molecule has 0 bridgehead atoms. The van der Waals surface area contributed by atoms with Crippen molar-refractivity contribution in [3.8, 4) is 0 Å². The van der Waals surface area contributed by atoms with Gasteiger partial charge >= 0.3 is 29.6 Å². The van der Waals surface area contributed by atoms with Crippen molar-refractivity contribution in [3.63, 3.8) is 0 Å². The Labute approximate surface area is 183 Å². The third-order valence-corrected chi connectivity index (χ3v) is 5.05. The average Bonchev–Trinajstić information content (AvgIpc) is 2.56. The molecule has 0 aromatic carbocycles. The fourth-order valence-corrected chi connectivity index (χ4v) is 3.23. The molecule has 0 aliphatic carbocycles. The largest absolute Gasteiger partial charge is 1.00 e. The number of carbonyl (C=O) groups is 1. The summed E-state index contributed by atoms with van der Waals surface area (Å²) >= 11 is 0. The monoisotopic (exact) mass is 396 g/mol. The van der Waals surface area contributed by atoms with Crippen LogP contribution in [0.3, 0.4) is 0 Å². The number of hydrogen-bond donors (Lipinski definition) is 0. The Balaban J connectivity index is 0. The van der Waals surface area contributed by atoms with Crippen molar-refractivity contribution < 1.29 is 47.3 Å². The topological polar surface area (TPSA) is 74.3 Å². The van der Waals surface area contributed by atoms with E-state index in [1.54, 1.807) is 0 Å². The number of allylic oxidation sites excluding steroid dienone is 2. The van der Waals surface area contributed by atoms with Gasteiger partial charge in [0.25, 0.3) is 0 Å². The van der Waals surface area contributed by atoms with Crippen LogP contribution in [0.15, 0.2) is 12.2 Å². The summed E-state index contributed by atoms with van der Waals surface area (Å²) in [5.74, 6) is -0.672. The molecule has 0 saturated heterocycles. The number of hydrogen-bond acceptors (Lipinski definition) is 4. The Morgan fingerprint density at radius 2 is 1.23 bits per heavy atom. The van der Waals surface area contributed by atoms with Crippen molar-refractivity contribution >= 4 is 15.9 Å². The molecule has 6 heteroatoms. The van der Waals surface area contributed by atoms with E-state index in [1.807, 2.05) is 0 Å². The standard InChI is InChI=1S/C20H38O4S.Na/c1-2-3-4-5-6-7-8-9-10-11-12-13-14-15-16-17-20(21)18-19-25(22,23)24;/h9-10H,2-8,11-19H2,1H3,(H,22,23,24);/q;+1/p-1. The summed E-state index contributed by atoms with van der Waals surface area (Å²) in [7, 11) is -4.26. The second-order valence-electron chi connectivity index (χ2n) is 6.88. The maximum Gasteiger partial charge on any atom is 1.00 e. The first-order valence-electron chi connectivity index (χ1n) is 10.1. The summed E-state index contributed by atoms with van der Waals surface area (Å²) in [6.07, 6.45) is 20.6. The first-order chi connectivity index (χ1) is 12.0. The minimum atomic E-state index is -4.26. The van der Waals surface area contributed by atoms with Crippen molar-refractivity contribution in [2.24, 2.45) is 0 Å². The molecule has 148 valence electrons. The summed E-state index contributed by atoms with van der Waals surface area (Å²) < 4.78 is 31.3. The number of unbranched alkanes of at least 4 members (excludes halogenated alkanes) is 11. The summed E-state index contributed by atoms with van der Waals surface area (Å²) in [4.78, 5) is 11.4. The van der Waals surface area contributed by atoms with Gasteiger partial charge in [0.2, 0.25) is 0 Å². The van der Waals surface area contributed by atoms with Gasteiger partial charge < -0.3 is 4.55 Å². The molecule has 0 aliphatic rings. The zero-order chi connectivity index (χ0) is 18.8. The van der Waals surface area contributed by atoms with Gasteiger partial charge in [-0.3, -0.25) is 4.79 Å². The summed E-state index contributed by atoms with van der Waals surface area (Å²) in [6, 6.07) is 0. The molecule has 0 radical (unpaired) electrons. The van der Waals surface area contributed by atoms with E-state index in [0.29, 0.717) is 6.42 Å².